The molecule has 1 rings (SSSR count). The lowest BCUT2D eigenvalue weighted by Crippen LogP contribution is -2.42. The van der Waals surface area contributed by atoms with E-state index in [0.717, 1.165) is 19.0 Å². The van der Waals surface area contributed by atoms with Crippen LogP contribution in [0.5, 0.6) is 0 Å². The van der Waals surface area contributed by atoms with Gasteiger partial charge in [0.15, 0.2) is 0 Å². The van der Waals surface area contributed by atoms with Gasteiger partial charge in [-0.3, -0.25) is 0 Å². The molecule has 0 atom stereocenters. The first kappa shape index (κ1) is 12.2. The van der Waals surface area contributed by atoms with Crippen molar-refractivity contribution < 1.29 is 13.3 Å². The summed E-state index contributed by atoms with van der Waals surface area (Å²) in [6, 6.07) is 0.746. The average Bonchev–Trinajstić information content (AvgIpc) is 2.78. The summed E-state index contributed by atoms with van der Waals surface area (Å²) in [6.07, 6.45) is 2.43. The second-order valence-electron chi connectivity index (χ2n) is 2.97. The molecule has 1 heterocycles. The first-order valence-electron chi connectivity index (χ1n) is 4.62. The fourth-order valence-electron chi connectivity index (χ4n) is 1.30. The highest BCUT2D eigenvalue weighted by Crippen LogP contribution is 2.15. The van der Waals surface area contributed by atoms with Crippen molar-refractivity contribution in [2.45, 2.75) is 19.0 Å². The lowest BCUT2D eigenvalue weighted by atomic mass is 10.5. The summed E-state index contributed by atoms with van der Waals surface area (Å²) in [7, 11) is 2.39. The van der Waals surface area contributed by atoms with E-state index in [1.54, 1.807) is 32.3 Å². The number of aromatic nitrogens is 4. The highest BCUT2D eigenvalue weighted by molar-refractivity contribution is 6.60. The van der Waals surface area contributed by atoms with Crippen LogP contribution in [-0.2, 0) is 19.8 Å². The molecule has 0 saturated carbocycles. The van der Waals surface area contributed by atoms with E-state index in [-0.39, 0.29) is 0 Å². The van der Waals surface area contributed by atoms with Gasteiger partial charge in [-0.05, 0) is 16.8 Å². The molecule has 86 valence electrons. The van der Waals surface area contributed by atoms with Crippen LogP contribution in [-0.4, -0.2) is 50.3 Å². The van der Waals surface area contributed by atoms with Crippen LogP contribution >= 0.6 is 0 Å². The molecule has 0 radical (unpaired) electrons. The molecule has 0 aromatic carbocycles. The molecular formula is C7H16N4O3Si. The van der Waals surface area contributed by atoms with Crippen molar-refractivity contribution in [1.82, 2.24) is 20.2 Å². The average molecular weight is 232 g/mol. The highest BCUT2D eigenvalue weighted by atomic mass is 28.4. The third-order valence-electron chi connectivity index (χ3n) is 2.19. The van der Waals surface area contributed by atoms with Crippen LogP contribution in [0.25, 0.3) is 0 Å². The SMILES string of the molecule is CO[Si](CCCn1cnnn1)(OC)OC. The van der Waals surface area contributed by atoms with Crippen LogP contribution in [0.4, 0.5) is 0 Å². The molecule has 0 fully saturated rings. The van der Waals surface area contributed by atoms with Gasteiger partial charge in [-0.25, -0.2) is 4.68 Å². The summed E-state index contributed by atoms with van der Waals surface area (Å²) in [5, 5.41) is 10.9. The van der Waals surface area contributed by atoms with Crippen molar-refractivity contribution in [3.8, 4) is 0 Å². The van der Waals surface area contributed by atoms with E-state index in [2.05, 4.69) is 15.5 Å². The first-order chi connectivity index (χ1) is 7.26. The molecule has 0 spiro atoms. The third-order valence-corrected chi connectivity index (χ3v) is 5.03. The van der Waals surface area contributed by atoms with Gasteiger partial charge in [0.2, 0.25) is 0 Å². The molecule has 8 heteroatoms. The van der Waals surface area contributed by atoms with E-state index < -0.39 is 8.80 Å². The van der Waals surface area contributed by atoms with Gasteiger partial charge in [0, 0.05) is 33.9 Å². The molecule has 1 aromatic rings. The van der Waals surface area contributed by atoms with E-state index in [0.29, 0.717) is 0 Å². The van der Waals surface area contributed by atoms with Crippen LogP contribution in [0, 0.1) is 0 Å². The molecule has 0 unspecified atom stereocenters. The monoisotopic (exact) mass is 232 g/mol. The summed E-state index contributed by atoms with van der Waals surface area (Å²) >= 11 is 0. The van der Waals surface area contributed by atoms with Crippen molar-refractivity contribution in [1.29, 1.82) is 0 Å². The summed E-state index contributed by atoms with van der Waals surface area (Å²) < 4.78 is 17.5. The van der Waals surface area contributed by atoms with Gasteiger partial charge in [-0.2, -0.15) is 0 Å². The summed E-state index contributed by atoms with van der Waals surface area (Å²) in [5.41, 5.74) is 0. The Bertz CT molecular complexity index is 257. The number of hydrogen-bond acceptors (Lipinski definition) is 6. The molecule has 15 heavy (non-hydrogen) atoms. The first-order valence-corrected chi connectivity index (χ1v) is 6.56. The fraction of sp³-hybridized carbons (Fsp3) is 0.857. The van der Waals surface area contributed by atoms with E-state index in [4.69, 9.17) is 13.3 Å². The quantitative estimate of drug-likeness (QED) is 0.613. The van der Waals surface area contributed by atoms with Gasteiger partial charge in [0.05, 0.1) is 0 Å². The Balaban J connectivity index is 2.34. The maximum atomic E-state index is 5.29. The van der Waals surface area contributed by atoms with Crippen LogP contribution < -0.4 is 0 Å². The van der Waals surface area contributed by atoms with Crippen molar-refractivity contribution in [2.24, 2.45) is 0 Å². The van der Waals surface area contributed by atoms with Crippen molar-refractivity contribution in [3.05, 3.63) is 6.33 Å². The Labute approximate surface area is 89.7 Å². The second kappa shape index (κ2) is 5.91. The molecule has 0 bridgehead atoms. The maximum Gasteiger partial charge on any atom is 0.500 e. The fourth-order valence-corrected chi connectivity index (χ4v) is 3.00. The van der Waals surface area contributed by atoms with Crippen molar-refractivity contribution in [3.63, 3.8) is 0 Å². The largest absolute Gasteiger partial charge is 0.500 e. The molecule has 7 nitrogen and oxygen atoms in total. The lowest BCUT2D eigenvalue weighted by molar-refractivity contribution is 0.122. The Morgan fingerprint density at radius 2 is 1.87 bits per heavy atom. The van der Waals surface area contributed by atoms with Crippen molar-refractivity contribution in [2.75, 3.05) is 21.3 Å². The molecule has 0 saturated heterocycles. The standard InChI is InChI=1S/C7H16N4O3Si/c1-12-15(13-2,14-3)6-4-5-11-7-8-9-10-11/h7H,4-6H2,1-3H3. The van der Waals surface area contributed by atoms with Crippen LogP contribution in [0.3, 0.4) is 0 Å². The van der Waals surface area contributed by atoms with Gasteiger partial charge >= 0.3 is 8.80 Å². The topological polar surface area (TPSA) is 71.3 Å². The van der Waals surface area contributed by atoms with Gasteiger partial charge in [-0.15, -0.1) is 5.10 Å². The molecule has 0 aliphatic carbocycles. The highest BCUT2D eigenvalue weighted by Gasteiger charge is 2.36. The minimum atomic E-state index is -2.43. The number of hydrogen-bond donors (Lipinski definition) is 0. The zero-order valence-corrected chi connectivity index (χ0v) is 10.2. The summed E-state index contributed by atoms with van der Waals surface area (Å²) in [6.45, 7) is 0.734. The zero-order chi connectivity index (χ0) is 11.1. The van der Waals surface area contributed by atoms with Crippen LogP contribution in [0.1, 0.15) is 6.42 Å². The number of nitrogens with zero attached hydrogens (tertiary/aromatic N) is 4. The number of rotatable bonds is 7. The predicted octanol–water partition coefficient (Wildman–Crippen LogP) is -0.0587. The molecule has 1 aromatic heterocycles. The van der Waals surface area contributed by atoms with Crippen molar-refractivity contribution >= 4 is 8.80 Å². The van der Waals surface area contributed by atoms with E-state index in [9.17, 15) is 0 Å². The van der Waals surface area contributed by atoms with Crippen LogP contribution in [0.2, 0.25) is 6.04 Å². The van der Waals surface area contributed by atoms with Gasteiger partial charge in [-0.1, -0.05) is 0 Å². The summed E-state index contributed by atoms with van der Waals surface area (Å²) in [4.78, 5) is 0. The van der Waals surface area contributed by atoms with E-state index in [1.165, 1.54) is 0 Å². The number of aryl methyl sites for hydroxylation is 1. The molecule has 0 aliphatic rings. The van der Waals surface area contributed by atoms with Gasteiger partial charge < -0.3 is 13.3 Å². The molecule has 0 N–H and O–H groups in total. The minimum Gasteiger partial charge on any atom is -0.377 e. The maximum absolute atomic E-state index is 5.29. The second-order valence-corrected chi connectivity index (χ2v) is 6.06. The summed E-state index contributed by atoms with van der Waals surface area (Å²) in [5.74, 6) is 0. The zero-order valence-electron chi connectivity index (χ0n) is 9.21. The third kappa shape index (κ3) is 3.34. The smallest absolute Gasteiger partial charge is 0.377 e. The normalized spacial score (nSPS) is 11.9. The Morgan fingerprint density at radius 3 is 2.33 bits per heavy atom. The molecular weight excluding hydrogens is 216 g/mol. The molecule has 0 aliphatic heterocycles. The Morgan fingerprint density at radius 1 is 1.20 bits per heavy atom. The lowest BCUT2D eigenvalue weighted by Gasteiger charge is -2.23. The van der Waals surface area contributed by atoms with E-state index in [1.807, 2.05) is 0 Å². The van der Waals surface area contributed by atoms with Crippen LogP contribution in [0.15, 0.2) is 6.33 Å². The van der Waals surface area contributed by atoms with Gasteiger partial charge in [0.25, 0.3) is 0 Å². The minimum absolute atomic E-state index is 0.734. The molecule has 0 amide bonds. The predicted molar refractivity (Wildman–Crippen MR) is 54.0 cm³/mol. The number of tetrazole rings is 1. The van der Waals surface area contributed by atoms with Gasteiger partial charge in [0.1, 0.15) is 6.33 Å². The van der Waals surface area contributed by atoms with E-state index >= 15 is 0 Å². The Kier molecular flexibility index (Phi) is 4.82. The Hall–Kier alpha value is -0.833.